The third kappa shape index (κ3) is 3.35. The monoisotopic (exact) mass is 222 g/mol. The summed E-state index contributed by atoms with van der Waals surface area (Å²) in [5.41, 5.74) is 2.42. The van der Waals surface area contributed by atoms with E-state index in [0.29, 0.717) is 5.56 Å². The van der Waals surface area contributed by atoms with E-state index < -0.39 is 5.97 Å². The number of aromatic carboxylic acids is 1. The second-order valence-corrected chi connectivity index (χ2v) is 3.83. The van der Waals surface area contributed by atoms with Gasteiger partial charge in [-0.2, -0.15) is 0 Å². The number of aryl methyl sites for hydroxylation is 2. The largest absolute Gasteiger partial charge is 0.478 e. The van der Waals surface area contributed by atoms with Gasteiger partial charge in [0.15, 0.2) is 0 Å². The van der Waals surface area contributed by atoms with E-state index in [4.69, 9.17) is 10.2 Å². The molecule has 0 aliphatic carbocycles. The standard InChI is InChI=1S/C13H18O3/c1-2-10-6-7-12(13(15)16)11(9-10)5-3-4-8-14/h6-7,9,14H,2-5,8H2,1H3,(H,15,16). The highest BCUT2D eigenvalue weighted by molar-refractivity contribution is 5.89. The van der Waals surface area contributed by atoms with Gasteiger partial charge in [-0.15, -0.1) is 0 Å². The average molecular weight is 222 g/mol. The van der Waals surface area contributed by atoms with Crippen LogP contribution in [0.2, 0.25) is 0 Å². The number of unbranched alkanes of at least 4 members (excludes halogenated alkanes) is 1. The molecule has 0 spiro atoms. The third-order valence-corrected chi connectivity index (χ3v) is 2.66. The van der Waals surface area contributed by atoms with Crippen LogP contribution in [0.1, 0.15) is 41.3 Å². The second kappa shape index (κ2) is 6.28. The van der Waals surface area contributed by atoms with Gasteiger partial charge >= 0.3 is 5.97 Å². The lowest BCUT2D eigenvalue weighted by molar-refractivity contribution is 0.0695. The average Bonchev–Trinajstić information content (AvgIpc) is 2.29. The Balaban J connectivity index is 2.87. The predicted octanol–water partition coefficient (Wildman–Crippen LogP) is 2.26. The van der Waals surface area contributed by atoms with E-state index in [1.807, 2.05) is 19.1 Å². The SMILES string of the molecule is CCc1ccc(C(=O)O)c(CCCCO)c1. The third-order valence-electron chi connectivity index (χ3n) is 2.66. The molecule has 16 heavy (non-hydrogen) atoms. The number of hydrogen-bond donors (Lipinski definition) is 2. The molecule has 0 bridgehead atoms. The minimum atomic E-state index is -0.873. The number of benzene rings is 1. The van der Waals surface area contributed by atoms with Crippen LogP contribution in [-0.4, -0.2) is 22.8 Å². The van der Waals surface area contributed by atoms with Crippen LogP contribution in [0.4, 0.5) is 0 Å². The molecule has 2 N–H and O–H groups in total. The van der Waals surface area contributed by atoms with Gasteiger partial charge in [-0.3, -0.25) is 0 Å². The zero-order valence-corrected chi connectivity index (χ0v) is 9.57. The highest BCUT2D eigenvalue weighted by Crippen LogP contribution is 2.15. The first-order chi connectivity index (χ1) is 7.69. The van der Waals surface area contributed by atoms with Crippen LogP contribution < -0.4 is 0 Å². The molecule has 88 valence electrons. The molecule has 0 radical (unpaired) electrons. The summed E-state index contributed by atoms with van der Waals surface area (Å²) in [4.78, 5) is 11.0. The molecule has 0 unspecified atom stereocenters. The van der Waals surface area contributed by atoms with Gasteiger partial charge in [-0.05, 0) is 42.9 Å². The summed E-state index contributed by atoms with van der Waals surface area (Å²) in [5.74, 6) is -0.873. The number of rotatable bonds is 6. The van der Waals surface area contributed by atoms with Gasteiger partial charge in [0.25, 0.3) is 0 Å². The number of carbonyl (C=O) groups is 1. The van der Waals surface area contributed by atoms with Crippen molar-refractivity contribution in [1.29, 1.82) is 0 Å². The van der Waals surface area contributed by atoms with Crippen molar-refractivity contribution in [2.45, 2.75) is 32.6 Å². The fourth-order valence-corrected chi connectivity index (χ4v) is 1.71. The highest BCUT2D eigenvalue weighted by atomic mass is 16.4. The van der Waals surface area contributed by atoms with Crippen molar-refractivity contribution in [2.24, 2.45) is 0 Å². The van der Waals surface area contributed by atoms with Crippen molar-refractivity contribution in [2.75, 3.05) is 6.61 Å². The summed E-state index contributed by atoms with van der Waals surface area (Å²) >= 11 is 0. The molecular formula is C13H18O3. The lowest BCUT2D eigenvalue weighted by Crippen LogP contribution is -2.04. The Labute approximate surface area is 95.7 Å². The molecule has 3 heteroatoms. The van der Waals surface area contributed by atoms with Crippen LogP contribution in [-0.2, 0) is 12.8 Å². The van der Waals surface area contributed by atoms with Crippen LogP contribution in [0.3, 0.4) is 0 Å². The van der Waals surface area contributed by atoms with Crippen molar-refractivity contribution in [3.05, 3.63) is 34.9 Å². The van der Waals surface area contributed by atoms with Gasteiger partial charge in [0.05, 0.1) is 5.56 Å². The molecule has 1 aromatic carbocycles. The lowest BCUT2D eigenvalue weighted by atomic mass is 9.98. The van der Waals surface area contributed by atoms with Gasteiger partial charge in [-0.25, -0.2) is 4.79 Å². The second-order valence-electron chi connectivity index (χ2n) is 3.83. The Morgan fingerprint density at radius 2 is 2.06 bits per heavy atom. The van der Waals surface area contributed by atoms with E-state index in [0.717, 1.165) is 36.8 Å². The molecule has 1 rings (SSSR count). The minimum absolute atomic E-state index is 0.163. The Bertz CT molecular complexity index is 358. The molecule has 0 aliphatic heterocycles. The van der Waals surface area contributed by atoms with Crippen molar-refractivity contribution in [3.63, 3.8) is 0 Å². The van der Waals surface area contributed by atoms with Crippen molar-refractivity contribution >= 4 is 5.97 Å². The van der Waals surface area contributed by atoms with Gasteiger partial charge in [-0.1, -0.05) is 19.1 Å². The quantitative estimate of drug-likeness (QED) is 0.726. The van der Waals surface area contributed by atoms with Gasteiger partial charge in [0, 0.05) is 6.61 Å². The number of carboxylic acids is 1. The zero-order valence-electron chi connectivity index (χ0n) is 9.57. The van der Waals surface area contributed by atoms with Crippen molar-refractivity contribution < 1.29 is 15.0 Å². The maximum atomic E-state index is 11.0. The topological polar surface area (TPSA) is 57.5 Å². The predicted molar refractivity (Wildman–Crippen MR) is 62.8 cm³/mol. The first-order valence-electron chi connectivity index (χ1n) is 5.65. The van der Waals surface area contributed by atoms with E-state index in [1.54, 1.807) is 6.07 Å². The van der Waals surface area contributed by atoms with E-state index >= 15 is 0 Å². The molecule has 0 amide bonds. The minimum Gasteiger partial charge on any atom is -0.478 e. The highest BCUT2D eigenvalue weighted by Gasteiger charge is 2.09. The Morgan fingerprint density at radius 1 is 1.31 bits per heavy atom. The molecule has 0 aliphatic rings. The molecule has 3 nitrogen and oxygen atoms in total. The zero-order chi connectivity index (χ0) is 12.0. The molecule has 0 atom stereocenters. The molecular weight excluding hydrogens is 204 g/mol. The Hall–Kier alpha value is -1.35. The summed E-state index contributed by atoms with van der Waals surface area (Å²) in [6.45, 7) is 2.21. The van der Waals surface area contributed by atoms with Crippen LogP contribution in [0.5, 0.6) is 0 Å². The van der Waals surface area contributed by atoms with Gasteiger partial charge in [0.1, 0.15) is 0 Å². The molecule has 0 saturated carbocycles. The summed E-state index contributed by atoms with van der Waals surface area (Å²) in [5, 5.41) is 17.7. The number of hydrogen-bond acceptors (Lipinski definition) is 2. The van der Waals surface area contributed by atoms with Gasteiger partial charge < -0.3 is 10.2 Å². The number of carboxylic acid groups (broad SMARTS) is 1. The van der Waals surface area contributed by atoms with E-state index in [9.17, 15) is 4.79 Å². The molecule has 0 aromatic heterocycles. The summed E-state index contributed by atoms with van der Waals surface area (Å²) in [7, 11) is 0. The first kappa shape index (κ1) is 12.7. The van der Waals surface area contributed by atoms with Gasteiger partial charge in [0.2, 0.25) is 0 Å². The van der Waals surface area contributed by atoms with E-state index in [1.165, 1.54) is 0 Å². The van der Waals surface area contributed by atoms with Crippen LogP contribution in [0.25, 0.3) is 0 Å². The summed E-state index contributed by atoms with van der Waals surface area (Å²) < 4.78 is 0. The Morgan fingerprint density at radius 3 is 2.62 bits per heavy atom. The molecule has 0 fully saturated rings. The normalized spacial score (nSPS) is 10.4. The maximum Gasteiger partial charge on any atom is 0.335 e. The fourth-order valence-electron chi connectivity index (χ4n) is 1.71. The molecule has 1 aromatic rings. The first-order valence-corrected chi connectivity index (χ1v) is 5.65. The van der Waals surface area contributed by atoms with Crippen LogP contribution in [0.15, 0.2) is 18.2 Å². The Kier molecular flexibility index (Phi) is 4.99. The van der Waals surface area contributed by atoms with E-state index in [-0.39, 0.29) is 6.61 Å². The van der Waals surface area contributed by atoms with Crippen LogP contribution >= 0.6 is 0 Å². The summed E-state index contributed by atoms with van der Waals surface area (Å²) in [6, 6.07) is 5.50. The van der Waals surface area contributed by atoms with Crippen LogP contribution in [0, 0.1) is 0 Å². The number of aliphatic hydroxyl groups is 1. The van der Waals surface area contributed by atoms with Crippen molar-refractivity contribution in [1.82, 2.24) is 0 Å². The fraction of sp³-hybridized carbons (Fsp3) is 0.462. The lowest BCUT2D eigenvalue weighted by Gasteiger charge is -2.07. The summed E-state index contributed by atoms with van der Waals surface area (Å²) in [6.07, 6.45) is 3.17. The molecule has 0 saturated heterocycles. The number of aliphatic hydroxyl groups excluding tert-OH is 1. The molecule has 0 heterocycles. The van der Waals surface area contributed by atoms with Crippen molar-refractivity contribution in [3.8, 4) is 0 Å². The van der Waals surface area contributed by atoms with E-state index in [2.05, 4.69) is 0 Å². The smallest absolute Gasteiger partial charge is 0.335 e. The maximum absolute atomic E-state index is 11.0.